The van der Waals surface area contributed by atoms with E-state index in [1.54, 1.807) is 19.1 Å². The molecule has 5 atom stereocenters. The Morgan fingerprint density at radius 3 is 2.03 bits per heavy atom. The maximum Gasteiger partial charge on any atom is 0.416 e. The van der Waals surface area contributed by atoms with E-state index < -0.39 is 59.0 Å². The first-order chi connectivity index (χ1) is 17.0. The molecule has 0 bridgehead atoms. The second-order valence-electron chi connectivity index (χ2n) is 10.5. The van der Waals surface area contributed by atoms with Crippen LogP contribution in [0.1, 0.15) is 61.3 Å². The molecule has 37 heavy (non-hydrogen) atoms. The molecule has 4 rings (SSSR count). The van der Waals surface area contributed by atoms with Gasteiger partial charge in [-0.2, -0.15) is 26.3 Å². The summed E-state index contributed by atoms with van der Waals surface area (Å²) >= 11 is 0. The van der Waals surface area contributed by atoms with Crippen LogP contribution >= 0.6 is 0 Å². The number of benzene rings is 2. The van der Waals surface area contributed by atoms with Crippen molar-refractivity contribution in [3.05, 3.63) is 70.5 Å². The molecule has 2 aromatic rings. The lowest BCUT2D eigenvalue weighted by Crippen LogP contribution is -2.47. The highest BCUT2D eigenvalue weighted by Gasteiger charge is 2.55. The summed E-state index contributed by atoms with van der Waals surface area (Å²) in [6.07, 6.45) is -9.22. The first kappa shape index (κ1) is 27.4. The molecule has 2 fully saturated rings. The van der Waals surface area contributed by atoms with Gasteiger partial charge in [-0.25, -0.2) is 4.39 Å². The van der Waals surface area contributed by atoms with Gasteiger partial charge in [0, 0.05) is 11.5 Å². The van der Waals surface area contributed by atoms with Crippen LogP contribution in [-0.4, -0.2) is 23.1 Å². The van der Waals surface area contributed by atoms with Crippen LogP contribution in [0.3, 0.4) is 0 Å². The number of halogens is 7. The molecule has 2 aliphatic rings. The zero-order chi connectivity index (χ0) is 27.4. The second-order valence-corrected chi connectivity index (χ2v) is 10.5. The number of alkyl halides is 6. The number of amides is 1. The van der Waals surface area contributed by atoms with Gasteiger partial charge in [0.05, 0.1) is 29.4 Å². The third-order valence-corrected chi connectivity index (χ3v) is 7.43. The maximum atomic E-state index is 13.6. The number of rotatable bonds is 5. The van der Waals surface area contributed by atoms with Crippen LogP contribution in [0.25, 0.3) is 0 Å². The van der Waals surface area contributed by atoms with Crippen molar-refractivity contribution < 1.29 is 40.3 Å². The fraction of sp³-hybridized carbons (Fsp3) is 0.500. The van der Waals surface area contributed by atoms with Crippen LogP contribution in [0.15, 0.2) is 42.5 Å². The summed E-state index contributed by atoms with van der Waals surface area (Å²) in [6.45, 7) is 2.99. The molecule has 4 nitrogen and oxygen atoms in total. The molecule has 1 unspecified atom stereocenters. The highest BCUT2D eigenvalue weighted by atomic mass is 19.4. The first-order valence-corrected chi connectivity index (χ1v) is 11.8. The molecule has 0 spiro atoms. The van der Waals surface area contributed by atoms with Gasteiger partial charge >= 0.3 is 12.4 Å². The Morgan fingerprint density at radius 2 is 1.54 bits per heavy atom. The zero-order valence-corrected chi connectivity index (χ0v) is 20.1. The monoisotopic (exact) mass is 532 g/mol. The average Bonchev–Trinajstić information content (AvgIpc) is 3.30. The number of hydrogen-bond acceptors (Lipinski definition) is 3. The van der Waals surface area contributed by atoms with Crippen LogP contribution in [0.5, 0.6) is 0 Å². The van der Waals surface area contributed by atoms with Gasteiger partial charge < -0.3 is 15.8 Å². The predicted molar refractivity (Wildman–Crippen MR) is 121 cm³/mol. The van der Waals surface area contributed by atoms with Crippen molar-refractivity contribution in [3.63, 3.8) is 0 Å². The summed E-state index contributed by atoms with van der Waals surface area (Å²) in [6, 6.07) is 7.05. The first-order valence-electron chi connectivity index (χ1n) is 11.8. The van der Waals surface area contributed by atoms with Gasteiger partial charge in [0.2, 0.25) is 5.91 Å². The Morgan fingerprint density at radius 1 is 0.973 bits per heavy atom. The second kappa shape index (κ2) is 9.27. The number of nitrogens with one attached hydrogen (secondary N) is 1. The number of nitrogens with two attached hydrogens (primary N) is 1. The number of ether oxygens (including phenoxy) is 1. The minimum absolute atomic E-state index is 0.0733. The van der Waals surface area contributed by atoms with Crippen LogP contribution in [-0.2, 0) is 28.5 Å². The van der Waals surface area contributed by atoms with Crippen LogP contribution in [0.2, 0.25) is 0 Å². The zero-order valence-electron chi connectivity index (χ0n) is 20.1. The Bertz CT molecular complexity index is 1130. The van der Waals surface area contributed by atoms with E-state index >= 15 is 0 Å². The molecule has 1 aliphatic carbocycles. The van der Waals surface area contributed by atoms with Crippen molar-refractivity contribution in [2.75, 3.05) is 0 Å². The SMILES string of the molecule is CC1([C@@H]2CC[C@H](OCc3cc(C(F)(F)F)cc(C(F)(F)F)c3)[C@H]2c2ccc(F)cc2)C[C@](C)(N)C(=O)N1. The minimum Gasteiger partial charge on any atom is -0.373 e. The normalized spacial score (nSPS) is 30.5. The maximum absolute atomic E-state index is 13.6. The largest absolute Gasteiger partial charge is 0.416 e. The lowest BCUT2D eigenvalue weighted by atomic mass is 9.73. The Balaban J connectivity index is 1.64. The van der Waals surface area contributed by atoms with Crippen molar-refractivity contribution in [1.29, 1.82) is 0 Å². The summed E-state index contributed by atoms with van der Waals surface area (Å²) in [5.74, 6) is -1.41. The molecule has 1 amide bonds. The third kappa shape index (κ3) is 5.62. The minimum atomic E-state index is -4.96. The van der Waals surface area contributed by atoms with E-state index in [1.165, 1.54) is 12.1 Å². The molecule has 1 aliphatic heterocycles. The summed E-state index contributed by atoms with van der Waals surface area (Å²) < 4.78 is 99.2. The van der Waals surface area contributed by atoms with Crippen molar-refractivity contribution in [2.24, 2.45) is 11.7 Å². The Hall–Kier alpha value is -2.66. The molecule has 1 saturated carbocycles. The van der Waals surface area contributed by atoms with Crippen LogP contribution < -0.4 is 11.1 Å². The van der Waals surface area contributed by atoms with Gasteiger partial charge in [0.25, 0.3) is 0 Å². The molecular formula is C26H27F7N2O2. The van der Waals surface area contributed by atoms with E-state index in [1.807, 2.05) is 6.92 Å². The summed E-state index contributed by atoms with van der Waals surface area (Å²) in [7, 11) is 0. The van der Waals surface area contributed by atoms with Gasteiger partial charge in [-0.05, 0) is 80.5 Å². The summed E-state index contributed by atoms with van der Waals surface area (Å²) in [5, 5.41) is 2.97. The predicted octanol–water partition coefficient (Wildman–Crippen LogP) is 5.94. The Labute approximate surface area is 209 Å². The third-order valence-electron chi connectivity index (χ3n) is 7.43. The number of carbonyl (C=O) groups is 1. The summed E-state index contributed by atoms with van der Waals surface area (Å²) in [5.41, 5.74) is 1.91. The molecular weight excluding hydrogens is 505 g/mol. The number of carbonyl (C=O) groups excluding carboxylic acids is 1. The molecule has 0 radical (unpaired) electrons. The summed E-state index contributed by atoms with van der Waals surface area (Å²) in [4.78, 5) is 12.5. The Kier molecular flexibility index (Phi) is 6.86. The topological polar surface area (TPSA) is 64.3 Å². The quantitative estimate of drug-likeness (QED) is 0.469. The smallest absolute Gasteiger partial charge is 0.373 e. The van der Waals surface area contributed by atoms with Gasteiger partial charge in [-0.3, -0.25) is 4.79 Å². The van der Waals surface area contributed by atoms with E-state index in [2.05, 4.69) is 5.32 Å². The molecule has 1 saturated heterocycles. The van der Waals surface area contributed by atoms with Gasteiger partial charge in [0.15, 0.2) is 0 Å². The van der Waals surface area contributed by atoms with Crippen molar-refractivity contribution in [1.82, 2.24) is 5.32 Å². The highest BCUT2D eigenvalue weighted by molar-refractivity contribution is 5.89. The fourth-order valence-electron chi connectivity index (χ4n) is 5.82. The van der Waals surface area contributed by atoms with Gasteiger partial charge in [0.1, 0.15) is 5.82 Å². The van der Waals surface area contributed by atoms with E-state index in [0.29, 0.717) is 37.0 Å². The highest BCUT2D eigenvalue weighted by Crippen LogP contribution is 2.50. The van der Waals surface area contributed by atoms with Crippen molar-refractivity contribution in [3.8, 4) is 0 Å². The average molecular weight is 533 g/mol. The van der Waals surface area contributed by atoms with Crippen molar-refractivity contribution in [2.45, 2.75) is 75.2 Å². The fourth-order valence-corrected chi connectivity index (χ4v) is 5.82. The van der Waals surface area contributed by atoms with Crippen LogP contribution in [0, 0.1) is 11.7 Å². The van der Waals surface area contributed by atoms with Gasteiger partial charge in [-0.15, -0.1) is 0 Å². The molecule has 1 heterocycles. The molecule has 0 aromatic heterocycles. The van der Waals surface area contributed by atoms with E-state index in [9.17, 15) is 35.5 Å². The van der Waals surface area contributed by atoms with Gasteiger partial charge in [-0.1, -0.05) is 12.1 Å². The molecule has 11 heteroatoms. The van der Waals surface area contributed by atoms with Crippen LogP contribution in [0.4, 0.5) is 30.7 Å². The molecule has 202 valence electrons. The van der Waals surface area contributed by atoms with E-state index in [-0.39, 0.29) is 23.5 Å². The molecule has 3 N–H and O–H groups in total. The molecule has 2 aromatic carbocycles. The standard InChI is InChI=1S/C26H27F7N2O2/c1-23(34)13-24(2,35-22(23)36)19-7-8-20(21(19)15-3-5-18(27)6-4-15)37-12-14-9-16(25(28,29)30)11-17(10-14)26(31,32)33/h3-6,9-11,19-21H,7-8,12-13,34H2,1-2H3,(H,35,36)/t19-,20+,21+,23+,24?/m1/s1. The van der Waals surface area contributed by atoms with Crippen molar-refractivity contribution >= 4 is 5.91 Å². The number of hydrogen-bond donors (Lipinski definition) is 2. The van der Waals surface area contributed by atoms with E-state index in [4.69, 9.17) is 10.5 Å². The lowest BCUT2D eigenvalue weighted by Gasteiger charge is -2.37. The van der Waals surface area contributed by atoms with E-state index in [0.717, 1.165) is 0 Å². The lowest BCUT2D eigenvalue weighted by molar-refractivity contribution is -0.143.